The van der Waals surface area contributed by atoms with Crippen LogP contribution >= 0.6 is 0 Å². The van der Waals surface area contributed by atoms with Crippen molar-refractivity contribution in [3.05, 3.63) is 0 Å². The highest BCUT2D eigenvalue weighted by Gasteiger charge is 2.49. The third-order valence-corrected chi connectivity index (χ3v) is 3.73. The predicted molar refractivity (Wildman–Crippen MR) is 96.4 cm³/mol. The highest BCUT2D eigenvalue weighted by molar-refractivity contribution is 5.89. The van der Waals surface area contributed by atoms with Gasteiger partial charge in [-0.1, -0.05) is 20.8 Å². The second-order valence-electron chi connectivity index (χ2n) is 9.03. The molecule has 2 unspecified atom stereocenters. The minimum Gasteiger partial charge on any atom is -0.466 e. The molecule has 1 heterocycles. The van der Waals surface area contributed by atoms with E-state index in [1.165, 1.54) is 0 Å². The first-order valence-corrected chi connectivity index (χ1v) is 9.11. The molecule has 150 valence electrons. The summed E-state index contributed by atoms with van der Waals surface area (Å²) in [6.07, 6.45) is -0.427. The molecule has 7 nitrogen and oxygen atoms in total. The molecule has 1 rings (SSSR count). The smallest absolute Gasteiger partial charge is 0.347 e. The Morgan fingerprint density at radius 1 is 1.19 bits per heavy atom. The Morgan fingerprint density at radius 3 is 2.23 bits per heavy atom. The van der Waals surface area contributed by atoms with Gasteiger partial charge in [-0.05, 0) is 39.5 Å². The summed E-state index contributed by atoms with van der Waals surface area (Å²) in [6, 6.07) is 0. The van der Waals surface area contributed by atoms with Gasteiger partial charge >= 0.3 is 17.9 Å². The van der Waals surface area contributed by atoms with E-state index >= 15 is 0 Å². The van der Waals surface area contributed by atoms with Crippen LogP contribution in [0.25, 0.3) is 0 Å². The van der Waals surface area contributed by atoms with E-state index in [9.17, 15) is 14.4 Å². The molecular formula is C19H33NO6. The van der Waals surface area contributed by atoms with Crippen molar-refractivity contribution in [2.24, 2.45) is 5.41 Å². The van der Waals surface area contributed by atoms with E-state index in [0.717, 1.165) is 0 Å². The van der Waals surface area contributed by atoms with Crippen LogP contribution in [0.2, 0.25) is 0 Å². The molecule has 0 saturated carbocycles. The first kappa shape index (κ1) is 22.4. The minimum atomic E-state index is -1.30. The van der Waals surface area contributed by atoms with Gasteiger partial charge in [-0.3, -0.25) is 14.9 Å². The average molecular weight is 371 g/mol. The second-order valence-corrected chi connectivity index (χ2v) is 9.03. The Hall–Kier alpha value is -1.63. The van der Waals surface area contributed by atoms with Gasteiger partial charge in [0, 0.05) is 12.0 Å². The SMILES string of the molecule is CCOC(=O)CC(CC(C)(C)C)(NC(C)(C)C)C(=O)OC1CCOC1=O. The van der Waals surface area contributed by atoms with E-state index in [4.69, 9.17) is 14.2 Å². The lowest BCUT2D eigenvalue weighted by Gasteiger charge is -2.41. The zero-order valence-electron chi connectivity index (χ0n) is 17.1. The number of esters is 3. The first-order valence-electron chi connectivity index (χ1n) is 9.11. The zero-order valence-corrected chi connectivity index (χ0v) is 17.1. The molecule has 0 bridgehead atoms. The molecule has 26 heavy (non-hydrogen) atoms. The van der Waals surface area contributed by atoms with Crippen molar-refractivity contribution in [3.8, 4) is 0 Å². The molecule has 1 fully saturated rings. The van der Waals surface area contributed by atoms with Gasteiger partial charge in [-0.15, -0.1) is 0 Å². The lowest BCUT2D eigenvalue weighted by atomic mass is 9.76. The quantitative estimate of drug-likeness (QED) is 0.542. The van der Waals surface area contributed by atoms with Crippen molar-refractivity contribution in [3.63, 3.8) is 0 Å². The third-order valence-electron chi connectivity index (χ3n) is 3.73. The molecule has 0 aliphatic carbocycles. The summed E-state index contributed by atoms with van der Waals surface area (Å²) < 4.78 is 15.4. The maximum absolute atomic E-state index is 13.2. The molecule has 0 aromatic heterocycles. The summed E-state index contributed by atoms with van der Waals surface area (Å²) in [7, 11) is 0. The monoisotopic (exact) mass is 371 g/mol. The van der Waals surface area contributed by atoms with Crippen molar-refractivity contribution in [1.29, 1.82) is 0 Å². The van der Waals surface area contributed by atoms with Crippen molar-refractivity contribution in [1.82, 2.24) is 5.32 Å². The van der Waals surface area contributed by atoms with Crippen LogP contribution in [-0.4, -0.2) is 48.3 Å². The molecule has 1 N–H and O–H groups in total. The number of cyclic esters (lactones) is 1. The summed E-state index contributed by atoms with van der Waals surface area (Å²) in [6.45, 7) is 13.8. The minimum absolute atomic E-state index is 0.171. The maximum atomic E-state index is 13.2. The fourth-order valence-electron chi connectivity index (χ4n) is 3.25. The molecule has 2 atom stereocenters. The van der Waals surface area contributed by atoms with Gasteiger partial charge < -0.3 is 14.2 Å². The Bertz CT molecular complexity index is 513. The van der Waals surface area contributed by atoms with Crippen LogP contribution in [0.1, 0.15) is 67.7 Å². The lowest BCUT2D eigenvalue weighted by Crippen LogP contribution is -2.62. The van der Waals surface area contributed by atoms with Gasteiger partial charge in [0.05, 0.1) is 19.6 Å². The molecule has 0 radical (unpaired) electrons. The summed E-state index contributed by atoms with van der Waals surface area (Å²) in [5, 5.41) is 3.28. The van der Waals surface area contributed by atoms with Crippen LogP contribution in [0.5, 0.6) is 0 Å². The fourth-order valence-corrected chi connectivity index (χ4v) is 3.25. The number of carbonyl (C=O) groups excluding carboxylic acids is 3. The number of carbonyl (C=O) groups is 3. The lowest BCUT2D eigenvalue weighted by molar-refractivity contribution is -0.170. The number of rotatable bonds is 7. The fraction of sp³-hybridized carbons (Fsp3) is 0.842. The van der Waals surface area contributed by atoms with Crippen LogP contribution in [0.15, 0.2) is 0 Å². The molecular weight excluding hydrogens is 338 g/mol. The molecule has 0 amide bonds. The Balaban J connectivity index is 3.21. The molecule has 0 spiro atoms. The Morgan fingerprint density at radius 2 is 1.81 bits per heavy atom. The Labute approximate surface area is 156 Å². The van der Waals surface area contributed by atoms with Gasteiger partial charge in [0.25, 0.3) is 0 Å². The molecule has 1 saturated heterocycles. The van der Waals surface area contributed by atoms with Crippen molar-refractivity contribution < 1.29 is 28.6 Å². The standard InChI is InChI=1S/C19H33NO6/c1-8-24-14(21)11-19(12-17(2,3)4,20-18(5,6)7)16(23)26-13-9-10-25-15(13)22/h13,20H,8-12H2,1-7H3. The molecule has 0 aromatic carbocycles. The predicted octanol–water partition coefficient (Wildman–Crippen LogP) is 2.36. The largest absolute Gasteiger partial charge is 0.466 e. The summed E-state index contributed by atoms with van der Waals surface area (Å²) in [5.74, 6) is -1.66. The van der Waals surface area contributed by atoms with Gasteiger partial charge in [-0.2, -0.15) is 0 Å². The van der Waals surface area contributed by atoms with Gasteiger partial charge in [0.15, 0.2) is 0 Å². The number of hydrogen-bond acceptors (Lipinski definition) is 7. The van der Waals surface area contributed by atoms with E-state index in [0.29, 0.717) is 12.8 Å². The topological polar surface area (TPSA) is 90.9 Å². The van der Waals surface area contributed by atoms with Crippen LogP contribution < -0.4 is 5.32 Å². The number of ether oxygens (including phenoxy) is 3. The molecule has 1 aliphatic rings. The maximum Gasteiger partial charge on any atom is 0.347 e. The van der Waals surface area contributed by atoms with Crippen molar-refractivity contribution >= 4 is 17.9 Å². The molecule has 0 aromatic rings. The van der Waals surface area contributed by atoms with Gasteiger partial charge in [-0.25, -0.2) is 4.79 Å². The highest BCUT2D eigenvalue weighted by atomic mass is 16.6. The molecule has 7 heteroatoms. The first-order chi connectivity index (χ1) is 11.8. The highest BCUT2D eigenvalue weighted by Crippen LogP contribution is 2.34. The zero-order chi connectivity index (χ0) is 20.2. The summed E-state index contributed by atoms with van der Waals surface area (Å²) >= 11 is 0. The normalized spacial score (nSPS) is 20.3. The van der Waals surface area contributed by atoms with E-state index in [1.807, 2.05) is 41.5 Å². The molecule has 1 aliphatic heterocycles. The van der Waals surface area contributed by atoms with E-state index in [-0.39, 0.29) is 25.0 Å². The van der Waals surface area contributed by atoms with E-state index in [1.54, 1.807) is 6.92 Å². The van der Waals surface area contributed by atoms with Crippen LogP contribution in [0, 0.1) is 5.41 Å². The number of nitrogens with one attached hydrogen (secondary N) is 1. The van der Waals surface area contributed by atoms with Gasteiger partial charge in [0.1, 0.15) is 5.54 Å². The number of hydrogen-bond donors (Lipinski definition) is 1. The van der Waals surface area contributed by atoms with Crippen molar-refractivity contribution in [2.45, 2.75) is 84.9 Å². The second kappa shape index (κ2) is 8.37. The summed E-state index contributed by atoms with van der Waals surface area (Å²) in [5.41, 5.74) is -2.04. The van der Waals surface area contributed by atoms with Crippen LogP contribution in [0.3, 0.4) is 0 Å². The van der Waals surface area contributed by atoms with Gasteiger partial charge in [0.2, 0.25) is 6.10 Å². The Kier molecular flexibility index (Phi) is 7.22. The summed E-state index contributed by atoms with van der Waals surface area (Å²) in [4.78, 5) is 37.2. The van der Waals surface area contributed by atoms with Crippen molar-refractivity contribution in [2.75, 3.05) is 13.2 Å². The average Bonchev–Trinajstić information content (AvgIpc) is 2.80. The van der Waals surface area contributed by atoms with E-state index in [2.05, 4.69) is 5.32 Å². The third kappa shape index (κ3) is 6.94. The van der Waals surface area contributed by atoms with Crippen LogP contribution in [-0.2, 0) is 28.6 Å². The van der Waals surface area contributed by atoms with Crippen LogP contribution in [0.4, 0.5) is 0 Å². The van der Waals surface area contributed by atoms with E-state index < -0.39 is 35.1 Å².